The van der Waals surface area contributed by atoms with Crippen LogP contribution in [0.3, 0.4) is 0 Å². The van der Waals surface area contributed by atoms with Crippen molar-refractivity contribution in [3.05, 3.63) is 77.4 Å². The van der Waals surface area contributed by atoms with E-state index in [1.165, 1.54) is 11.3 Å². The number of hydrogen-bond donors (Lipinski definition) is 2. The Bertz CT molecular complexity index is 1600. The van der Waals surface area contributed by atoms with Gasteiger partial charge >= 0.3 is 0 Å². The summed E-state index contributed by atoms with van der Waals surface area (Å²) in [4.78, 5) is 12.6. The number of thiophene rings is 1. The molecule has 4 heterocycles. The van der Waals surface area contributed by atoms with Crippen molar-refractivity contribution in [2.75, 3.05) is 24.6 Å². The lowest BCUT2D eigenvalue weighted by atomic mass is 10.0. The summed E-state index contributed by atoms with van der Waals surface area (Å²) in [5.41, 5.74) is 2.87. The molecular weight excluding hydrogens is 484 g/mol. The second kappa shape index (κ2) is 9.00. The van der Waals surface area contributed by atoms with Gasteiger partial charge in [0.25, 0.3) is 0 Å². The van der Waals surface area contributed by atoms with E-state index in [0.29, 0.717) is 25.6 Å². The van der Waals surface area contributed by atoms with E-state index < -0.39 is 10.0 Å². The van der Waals surface area contributed by atoms with E-state index in [-0.39, 0.29) is 17.5 Å². The minimum atomic E-state index is -3.57. The Morgan fingerprint density at radius 1 is 1.14 bits per heavy atom. The molecule has 1 aliphatic rings. The molecule has 3 aromatic heterocycles. The van der Waals surface area contributed by atoms with Crippen LogP contribution in [0.1, 0.15) is 16.5 Å². The fourth-order valence-electron chi connectivity index (χ4n) is 4.26. The molecule has 5 aromatic rings. The summed E-state index contributed by atoms with van der Waals surface area (Å²) in [6.07, 6.45) is 3.52. The van der Waals surface area contributed by atoms with E-state index in [0.717, 1.165) is 31.6 Å². The van der Waals surface area contributed by atoms with Gasteiger partial charge in [-0.3, -0.25) is 5.10 Å². The molecule has 1 fully saturated rings. The van der Waals surface area contributed by atoms with Crippen LogP contribution >= 0.6 is 11.3 Å². The molecule has 0 aliphatic carbocycles. The van der Waals surface area contributed by atoms with Gasteiger partial charge in [0.05, 0.1) is 46.2 Å². The lowest BCUT2D eigenvalue weighted by molar-refractivity contribution is 0.0402. The third kappa shape index (κ3) is 4.39. The summed E-state index contributed by atoms with van der Waals surface area (Å²) in [6.45, 7) is 2.08. The van der Waals surface area contributed by atoms with E-state index in [1.54, 1.807) is 36.5 Å². The zero-order valence-electron chi connectivity index (χ0n) is 18.6. The maximum absolute atomic E-state index is 12.5. The Balaban J connectivity index is 1.20. The quantitative estimate of drug-likeness (QED) is 0.362. The van der Waals surface area contributed by atoms with Gasteiger partial charge in [0.15, 0.2) is 0 Å². The number of H-pyrrole nitrogens is 1. The summed E-state index contributed by atoms with van der Waals surface area (Å²) >= 11 is 1.48. The summed E-state index contributed by atoms with van der Waals surface area (Å²) in [5, 5.41) is 8.22. The zero-order valence-corrected chi connectivity index (χ0v) is 20.2. The first-order valence-corrected chi connectivity index (χ1v) is 13.5. The molecule has 9 nitrogen and oxygen atoms in total. The lowest BCUT2D eigenvalue weighted by Crippen LogP contribution is -2.39. The van der Waals surface area contributed by atoms with E-state index in [4.69, 9.17) is 9.72 Å². The summed E-state index contributed by atoms with van der Waals surface area (Å²) in [6, 6.07) is 16.3. The summed E-state index contributed by atoms with van der Waals surface area (Å²) in [5.74, 6) is 0.638. The average molecular weight is 507 g/mol. The van der Waals surface area contributed by atoms with Gasteiger partial charge in [-0.1, -0.05) is 30.3 Å². The number of hydrogen-bond acceptors (Lipinski definition) is 8. The van der Waals surface area contributed by atoms with Gasteiger partial charge in [-0.05, 0) is 29.8 Å². The van der Waals surface area contributed by atoms with Crippen LogP contribution in [-0.4, -0.2) is 48.3 Å². The zero-order chi connectivity index (χ0) is 23.8. The van der Waals surface area contributed by atoms with Gasteiger partial charge in [0.1, 0.15) is 6.10 Å². The minimum Gasteiger partial charge on any atom is -0.370 e. The predicted molar refractivity (Wildman–Crippen MR) is 135 cm³/mol. The maximum atomic E-state index is 12.5. The highest BCUT2D eigenvalue weighted by atomic mass is 32.2. The number of fused-ring (bicyclic) bond motifs is 2. The number of ether oxygens (including phenoxy) is 1. The van der Waals surface area contributed by atoms with Crippen LogP contribution in [0.15, 0.2) is 71.9 Å². The van der Waals surface area contributed by atoms with Crippen LogP contribution in [-0.2, 0) is 21.3 Å². The number of rotatable bonds is 6. The molecule has 0 spiro atoms. The Morgan fingerprint density at radius 3 is 2.91 bits per heavy atom. The molecule has 178 valence electrons. The third-order valence-corrected chi connectivity index (χ3v) is 8.49. The number of anilines is 1. The van der Waals surface area contributed by atoms with Crippen molar-refractivity contribution in [3.63, 3.8) is 0 Å². The first kappa shape index (κ1) is 22.1. The molecule has 11 heteroatoms. The smallest absolute Gasteiger partial charge is 0.240 e. The first-order valence-electron chi connectivity index (χ1n) is 11.2. The number of benzene rings is 2. The van der Waals surface area contributed by atoms with Crippen LogP contribution in [0.4, 0.5) is 5.95 Å². The molecule has 2 aromatic carbocycles. The van der Waals surface area contributed by atoms with Crippen molar-refractivity contribution in [2.24, 2.45) is 0 Å². The van der Waals surface area contributed by atoms with Crippen LogP contribution in [0, 0.1) is 0 Å². The molecule has 0 radical (unpaired) electrons. The normalized spacial score (nSPS) is 16.8. The second-order valence-corrected chi connectivity index (χ2v) is 11.2. The van der Waals surface area contributed by atoms with Crippen LogP contribution in [0.25, 0.3) is 21.1 Å². The molecule has 1 aliphatic heterocycles. The van der Waals surface area contributed by atoms with Crippen molar-refractivity contribution in [1.82, 2.24) is 24.9 Å². The number of sulfonamides is 1. The van der Waals surface area contributed by atoms with Gasteiger partial charge in [0, 0.05) is 23.4 Å². The Hall–Kier alpha value is -3.38. The van der Waals surface area contributed by atoms with Gasteiger partial charge in [-0.2, -0.15) is 5.10 Å². The van der Waals surface area contributed by atoms with Crippen molar-refractivity contribution >= 4 is 48.4 Å². The standard InChI is InChI=1S/C24H22N6O3S2/c31-35(32,17-5-2-1-3-6-17)27-12-16-11-21-23(34-16)14-25-24(28-21)30-9-10-33-22(15-30)18-7-4-8-20-19(18)13-26-29-20/h1-8,11,13-14,22,27H,9-10,12,15H2,(H,26,29). The number of nitrogens with zero attached hydrogens (tertiary/aromatic N) is 4. The molecule has 0 amide bonds. The van der Waals surface area contributed by atoms with E-state index in [1.807, 2.05) is 24.4 Å². The molecule has 0 saturated carbocycles. The second-order valence-electron chi connectivity index (χ2n) is 8.25. The minimum absolute atomic E-state index is 0.116. The van der Waals surface area contributed by atoms with Crippen LogP contribution in [0.2, 0.25) is 0 Å². The van der Waals surface area contributed by atoms with E-state index >= 15 is 0 Å². The van der Waals surface area contributed by atoms with Gasteiger partial charge in [-0.15, -0.1) is 11.3 Å². The Labute approximate surface area is 205 Å². The highest BCUT2D eigenvalue weighted by Gasteiger charge is 2.26. The van der Waals surface area contributed by atoms with Crippen molar-refractivity contribution in [3.8, 4) is 0 Å². The summed E-state index contributed by atoms with van der Waals surface area (Å²) < 4.78 is 34.7. The number of morpholine rings is 1. The van der Waals surface area contributed by atoms with Gasteiger partial charge < -0.3 is 9.64 Å². The maximum Gasteiger partial charge on any atom is 0.240 e. The molecule has 1 unspecified atom stereocenters. The molecule has 35 heavy (non-hydrogen) atoms. The van der Waals surface area contributed by atoms with Crippen molar-refractivity contribution in [2.45, 2.75) is 17.5 Å². The largest absolute Gasteiger partial charge is 0.370 e. The Morgan fingerprint density at radius 2 is 2.03 bits per heavy atom. The third-order valence-electron chi connectivity index (χ3n) is 6.01. The lowest BCUT2D eigenvalue weighted by Gasteiger charge is -2.33. The highest BCUT2D eigenvalue weighted by Crippen LogP contribution is 2.31. The molecule has 1 atom stereocenters. The van der Waals surface area contributed by atoms with E-state index in [2.05, 4.69) is 30.9 Å². The molecule has 2 N–H and O–H groups in total. The molecular formula is C24H22N6O3S2. The SMILES string of the molecule is O=S(=O)(NCc1cc2nc(N3CCOC(c4cccc5[nH]ncc45)C3)ncc2s1)c1ccccc1. The number of nitrogens with one attached hydrogen (secondary N) is 2. The molecule has 6 rings (SSSR count). The van der Waals surface area contributed by atoms with Crippen LogP contribution < -0.4 is 9.62 Å². The Kier molecular flexibility index (Phi) is 5.69. The van der Waals surface area contributed by atoms with E-state index in [9.17, 15) is 8.42 Å². The summed E-state index contributed by atoms with van der Waals surface area (Å²) in [7, 11) is -3.57. The van der Waals surface area contributed by atoms with Crippen molar-refractivity contribution < 1.29 is 13.2 Å². The fourth-order valence-corrected chi connectivity index (χ4v) is 6.29. The fraction of sp³-hybridized carbons (Fsp3) is 0.208. The topological polar surface area (TPSA) is 113 Å². The average Bonchev–Trinajstić information content (AvgIpc) is 3.54. The first-order chi connectivity index (χ1) is 17.1. The van der Waals surface area contributed by atoms with Gasteiger partial charge in [0.2, 0.25) is 16.0 Å². The monoisotopic (exact) mass is 506 g/mol. The van der Waals surface area contributed by atoms with Crippen molar-refractivity contribution in [1.29, 1.82) is 0 Å². The highest BCUT2D eigenvalue weighted by molar-refractivity contribution is 7.89. The number of aromatic nitrogens is 4. The van der Waals surface area contributed by atoms with Gasteiger partial charge in [-0.25, -0.2) is 23.1 Å². The molecule has 1 saturated heterocycles. The predicted octanol–water partition coefficient (Wildman–Crippen LogP) is 3.62. The molecule has 0 bridgehead atoms. The number of aromatic amines is 1. The van der Waals surface area contributed by atoms with Crippen LogP contribution in [0.5, 0.6) is 0 Å².